The molecule has 0 saturated heterocycles. The highest BCUT2D eigenvalue weighted by Crippen LogP contribution is 2.20. The molecule has 2 aromatic rings. The zero-order valence-electron chi connectivity index (χ0n) is 11.0. The number of amidine groups is 1. The van der Waals surface area contributed by atoms with Gasteiger partial charge in [-0.3, -0.25) is 0 Å². The van der Waals surface area contributed by atoms with E-state index in [0.717, 1.165) is 17.0 Å². The predicted molar refractivity (Wildman–Crippen MR) is 70.2 cm³/mol. The predicted octanol–water partition coefficient (Wildman–Crippen LogP) is 2.03. The molecule has 6 heteroatoms. The molecule has 0 aliphatic heterocycles. The number of halogens is 1. The van der Waals surface area contributed by atoms with E-state index in [1.807, 2.05) is 20.8 Å². The zero-order chi connectivity index (χ0) is 14.2. The topological polar surface area (TPSA) is 76.4 Å². The smallest absolute Gasteiger partial charge is 0.170 e. The number of benzene rings is 1. The average molecular weight is 262 g/mol. The Morgan fingerprint density at radius 2 is 2.05 bits per heavy atom. The summed E-state index contributed by atoms with van der Waals surface area (Å²) < 4.78 is 15.7. The van der Waals surface area contributed by atoms with Gasteiger partial charge in [0.2, 0.25) is 0 Å². The first-order valence-electron chi connectivity index (χ1n) is 5.76. The van der Waals surface area contributed by atoms with E-state index >= 15 is 0 Å². The van der Waals surface area contributed by atoms with Gasteiger partial charge in [-0.25, -0.2) is 9.07 Å². The fourth-order valence-corrected chi connectivity index (χ4v) is 1.85. The van der Waals surface area contributed by atoms with Gasteiger partial charge in [0.15, 0.2) is 5.84 Å². The first-order valence-corrected chi connectivity index (χ1v) is 5.76. The minimum Gasteiger partial charge on any atom is -0.409 e. The monoisotopic (exact) mass is 262 g/mol. The lowest BCUT2D eigenvalue weighted by Gasteiger charge is -2.07. The molecule has 0 saturated carbocycles. The summed E-state index contributed by atoms with van der Waals surface area (Å²) in [4.78, 5) is 0. The van der Waals surface area contributed by atoms with Crippen molar-refractivity contribution in [2.75, 3.05) is 0 Å². The first-order chi connectivity index (χ1) is 8.95. The van der Waals surface area contributed by atoms with E-state index in [9.17, 15) is 4.39 Å². The summed E-state index contributed by atoms with van der Waals surface area (Å²) >= 11 is 0. The van der Waals surface area contributed by atoms with E-state index in [1.54, 1.807) is 16.8 Å². The van der Waals surface area contributed by atoms with Crippen LogP contribution in [0.3, 0.4) is 0 Å². The fraction of sp³-hybridized carbons (Fsp3) is 0.231. The van der Waals surface area contributed by atoms with Crippen LogP contribution in [0.25, 0.3) is 5.69 Å². The minimum absolute atomic E-state index is 0.130. The van der Waals surface area contributed by atoms with Gasteiger partial charge in [0.05, 0.1) is 5.69 Å². The molecule has 19 heavy (non-hydrogen) atoms. The van der Waals surface area contributed by atoms with Crippen LogP contribution >= 0.6 is 0 Å². The van der Waals surface area contributed by atoms with Crippen LogP contribution in [0.2, 0.25) is 0 Å². The second-order valence-corrected chi connectivity index (χ2v) is 4.36. The Hall–Kier alpha value is -2.37. The molecule has 0 aliphatic carbocycles. The summed E-state index contributed by atoms with van der Waals surface area (Å²) in [6.07, 6.45) is 0. The molecule has 0 unspecified atom stereocenters. The zero-order valence-corrected chi connectivity index (χ0v) is 11.0. The SMILES string of the molecule is Cc1nn(-c2ccc(/C(N)=N/O)cc2F)c(C)c1C. The Kier molecular flexibility index (Phi) is 3.25. The second-order valence-electron chi connectivity index (χ2n) is 4.36. The Labute approximate surface area is 110 Å². The van der Waals surface area contributed by atoms with Crippen molar-refractivity contribution >= 4 is 5.84 Å². The Balaban J connectivity index is 2.55. The molecule has 1 aromatic heterocycles. The second kappa shape index (κ2) is 4.72. The van der Waals surface area contributed by atoms with Crippen LogP contribution in [0.5, 0.6) is 0 Å². The van der Waals surface area contributed by atoms with Crippen molar-refractivity contribution < 1.29 is 9.60 Å². The van der Waals surface area contributed by atoms with Crippen molar-refractivity contribution in [2.24, 2.45) is 10.9 Å². The highest BCUT2D eigenvalue weighted by Gasteiger charge is 2.13. The van der Waals surface area contributed by atoms with Crippen molar-refractivity contribution in [1.29, 1.82) is 0 Å². The molecule has 1 heterocycles. The van der Waals surface area contributed by atoms with E-state index < -0.39 is 5.82 Å². The average Bonchev–Trinajstić information content (AvgIpc) is 2.65. The number of oxime groups is 1. The normalized spacial score (nSPS) is 11.9. The summed E-state index contributed by atoms with van der Waals surface area (Å²) in [7, 11) is 0. The third-order valence-electron chi connectivity index (χ3n) is 3.23. The molecule has 0 atom stereocenters. The van der Waals surface area contributed by atoms with E-state index in [0.29, 0.717) is 11.3 Å². The van der Waals surface area contributed by atoms with Crippen LogP contribution in [-0.2, 0) is 0 Å². The van der Waals surface area contributed by atoms with Gasteiger partial charge in [-0.2, -0.15) is 5.10 Å². The van der Waals surface area contributed by atoms with Crippen molar-refractivity contribution in [2.45, 2.75) is 20.8 Å². The Morgan fingerprint density at radius 3 is 2.53 bits per heavy atom. The molecule has 5 nitrogen and oxygen atoms in total. The quantitative estimate of drug-likeness (QED) is 0.376. The maximum atomic E-state index is 14.1. The number of hydrogen-bond donors (Lipinski definition) is 2. The summed E-state index contributed by atoms with van der Waals surface area (Å²) in [5, 5.41) is 15.7. The molecule has 100 valence electrons. The molecule has 2 rings (SSSR count). The van der Waals surface area contributed by atoms with Crippen molar-refractivity contribution in [3.8, 4) is 5.69 Å². The van der Waals surface area contributed by atoms with Gasteiger partial charge in [0.25, 0.3) is 0 Å². The van der Waals surface area contributed by atoms with Crippen LogP contribution in [0.15, 0.2) is 23.4 Å². The lowest BCUT2D eigenvalue weighted by atomic mass is 10.1. The fourth-order valence-electron chi connectivity index (χ4n) is 1.85. The van der Waals surface area contributed by atoms with Crippen LogP contribution in [0.1, 0.15) is 22.5 Å². The summed E-state index contributed by atoms with van der Waals surface area (Å²) in [5.41, 5.74) is 8.85. The van der Waals surface area contributed by atoms with Gasteiger partial charge in [0, 0.05) is 11.3 Å². The Morgan fingerprint density at radius 1 is 1.37 bits per heavy atom. The van der Waals surface area contributed by atoms with Gasteiger partial charge in [0.1, 0.15) is 11.5 Å². The highest BCUT2D eigenvalue weighted by atomic mass is 19.1. The number of nitrogens with two attached hydrogens (primary N) is 1. The molecule has 0 spiro atoms. The van der Waals surface area contributed by atoms with E-state index in [2.05, 4.69) is 10.3 Å². The molecule has 0 aliphatic rings. The number of aryl methyl sites for hydroxylation is 1. The van der Waals surface area contributed by atoms with Crippen LogP contribution in [-0.4, -0.2) is 20.8 Å². The standard InChI is InChI=1S/C13H15FN4O/c1-7-8(2)16-18(9(7)3)12-5-4-10(6-11(12)14)13(15)17-19/h4-6,19H,1-3H3,(H2,15,17). The molecular weight excluding hydrogens is 247 g/mol. The minimum atomic E-state index is -0.477. The van der Waals surface area contributed by atoms with Gasteiger partial charge in [-0.15, -0.1) is 0 Å². The Bertz CT molecular complexity index is 661. The lowest BCUT2D eigenvalue weighted by molar-refractivity contribution is 0.318. The van der Waals surface area contributed by atoms with Gasteiger partial charge in [-0.05, 0) is 44.5 Å². The van der Waals surface area contributed by atoms with E-state index in [1.165, 1.54) is 6.07 Å². The first kappa shape index (κ1) is 13.1. The summed E-state index contributed by atoms with van der Waals surface area (Å²) in [6, 6.07) is 4.36. The lowest BCUT2D eigenvalue weighted by Crippen LogP contribution is -2.14. The molecular formula is C13H15FN4O. The molecule has 0 bridgehead atoms. The van der Waals surface area contributed by atoms with E-state index in [4.69, 9.17) is 10.9 Å². The maximum Gasteiger partial charge on any atom is 0.170 e. The van der Waals surface area contributed by atoms with Gasteiger partial charge >= 0.3 is 0 Å². The number of nitrogens with zero attached hydrogens (tertiary/aromatic N) is 3. The number of hydrogen-bond acceptors (Lipinski definition) is 3. The van der Waals surface area contributed by atoms with Crippen molar-refractivity contribution in [3.63, 3.8) is 0 Å². The van der Waals surface area contributed by atoms with Gasteiger partial charge in [-0.1, -0.05) is 5.16 Å². The third kappa shape index (κ3) is 2.16. The summed E-state index contributed by atoms with van der Waals surface area (Å²) in [6.45, 7) is 5.70. The van der Waals surface area contributed by atoms with Crippen molar-refractivity contribution in [3.05, 3.63) is 46.5 Å². The maximum absolute atomic E-state index is 14.1. The van der Waals surface area contributed by atoms with Crippen molar-refractivity contribution in [1.82, 2.24) is 9.78 Å². The van der Waals surface area contributed by atoms with E-state index in [-0.39, 0.29) is 5.84 Å². The largest absolute Gasteiger partial charge is 0.409 e. The number of aromatic nitrogens is 2. The summed E-state index contributed by atoms with van der Waals surface area (Å²) in [5.74, 6) is -0.607. The molecule has 0 amide bonds. The molecule has 3 N–H and O–H groups in total. The van der Waals surface area contributed by atoms with Crippen LogP contribution in [0, 0.1) is 26.6 Å². The molecule has 0 fully saturated rings. The third-order valence-corrected chi connectivity index (χ3v) is 3.23. The highest BCUT2D eigenvalue weighted by molar-refractivity contribution is 5.97. The molecule has 0 radical (unpaired) electrons. The van der Waals surface area contributed by atoms with Crippen LogP contribution < -0.4 is 5.73 Å². The molecule has 1 aromatic carbocycles. The van der Waals surface area contributed by atoms with Gasteiger partial charge < -0.3 is 10.9 Å². The van der Waals surface area contributed by atoms with Crippen LogP contribution in [0.4, 0.5) is 4.39 Å². The number of rotatable bonds is 2.